The predicted octanol–water partition coefficient (Wildman–Crippen LogP) is 2.15. The van der Waals surface area contributed by atoms with Gasteiger partial charge in [-0.05, 0) is 18.6 Å². The van der Waals surface area contributed by atoms with Crippen LogP contribution in [0.2, 0.25) is 0 Å². The predicted molar refractivity (Wildman–Crippen MR) is 77.2 cm³/mol. The Kier molecular flexibility index (Phi) is 3.84. The minimum atomic E-state index is -0.437. The minimum Gasteiger partial charge on any atom is -0.382 e. The Morgan fingerprint density at radius 3 is 2.70 bits per heavy atom. The Balaban J connectivity index is 2.46. The lowest BCUT2D eigenvalue weighted by molar-refractivity contribution is -0.384. The summed E-state index contributed by atoms with van der Waals surface area (Å²) in [6, 6.07) is 8.19. The van der Waals surface area contributed by atoms with E-state index < -0.39 is 4.92 Å². The van der Waals surface area contributed by atoms with Crippen molar-refractivity contribution in [3.63, 3.8) is 0 Å². The van der Waals surface area contributed by atoms with Gasteiger partial charge in [0, 0.05) is 30.9 Å². The van der Waals surface area contributed by atoms with Gasteiger partial charge in [0.15, 0.2) is 0 Å². The van der Waals surface area contributed by atoms with E-state index in [9.17, 15) is 14.9 Å². The van der Waals surface area contributed by atoms with Crippen LogP contribution in [0.15, 0.2) is 41.3 Å². The number of nitrogens with zero attached hydrogens (tertiary/aromatic N) is 2. The topological polar surface area (TPSA) is 77.2 Å². The van der Waals surface area contributed by atoms with Crippen LogP contribution in [-0.4, -0.2) is 16.5 Å². The van der Waals surface area contributed by atoms with Crippen molar-refractivity contribution < 1.29 is 4.92 Å². The maximum atomic E-state index is 11.9. The molecule has 104 valence electrons. The van der Waals surface area contributed by atoms with Crippen molar-refractivity contribution in [2.75, 3.05) is 12.4 Å². The summed E-state index contributed by atoms with van der Waals surface area (Å²) in [5.74, 6) is 0. The standard InChI is InChI=1S/C14H15N3O3/c1-10-6-7-16(13(18)8-10)9-11-4-3-5-12(17(19)20)14(11)15-2/h3-8,15H,9H2,1-2H3. The number of benzene rings is 1. The molecule has 0 amide bonds. The van der Waals surface area contributed by atoms with E-state index in [2.05, 4.69) is 5.32 Å². The highest BCUT2D eigenvalue weighted by atomic mass is 16.6. The zero-order valence-corrected chi connectivity index (χ0v) is 11.3. The molecule has 1 aromatic heterocycles. The first-order chi connectivity index (χ1) is 9.52. The lowest BCUT2D eigenvalue weighted by Crippen LogP contribution is -2.20. The van der Waals surface area contributed by atoms with Gasteiger partial charge >= 0.3 is 0 Å². The normalized spacial score (nSPS) is 10.3. The first-order valence-electron chi connectivity index (χ1n) is 6.14. The van der Waals surface area contributed by atoms with E-state index in [4.69, 9.17) is 0 Å². The summed E-state index contributed by atoms with van der Waals surface area (Å²) in [6.45, 7) is 2.13. The molecular weight excluding hydrogens is 258 g/mol. The number of nitro groups is 1. The van der Waals surface area contributed by atoms with E-state index in [-0.39, 0.29) is 17.8 Å². The second-order valence-corrected chi connectivity index (χ2v) is 4.49. The fraction of sp³-hybridized carbons (Fsp3) is 0.214. The summed E-state index contributed by atoms with van der Waals surface area (Å²) in [6.07, 6.45) is 1.69. The maximum Gasteiger partial charge on any atom is 0.292 e. The van der Waals surface area contributed by atoms with Crippen molar-refractivity contribution >= 4 is 11.4 Å². The van der Waals surface area contributed by atoms with E-state index in [0.717, 1.165) is 5.56 Å². The zero-order valence-electron chi connectivity index (χ0n) is 11.3. The highest BCUT2D eigenvalue weighted by molar-refractivity contribution is 5.66. The van der Waals surface area contributed by atoms with Gasteiger partial charge in [-0.2, -0.15) is 0 Å². The largest absolute Gasteiger partial charge is 0.382 e. The number of nitrogens with one attached hydrogen (secondary N) is 1. The molecule has 0 aliphatic heterocycles. The second kappa shape index (κ2) is 5.56. The summed E-state index contributed by atoms with van der Waals surface area (Å²) in [4.78, 5) is 22.4. The van der Waals surface area contributed by atoms with Crippen LogP contribution in [0.4, 0.5) is 11.4 Å². The summed E-state index contributed by atoms with van der Waals surface area (Å²) in [5, 5.41) is 13.8. The lowest BCUT2D eigenvalue weighted by Gasteiger charge is -2.11. The molecule has 0 radical (unpaired) electrons. The molecule has 2 aromatic rings. The van der Waals surface area contributed by atoms with Crippen LogP contribution in [0.1, 0.15) is 11.1 Å². The van der Waals surface area contributed by atoms with E-state index in [1.54, 1.807) is 25.4 Å². The average molecular weight is 273 g/mol. The smallest absolute Gasteiger partial charge is 0.292 e. The number of aromatic nitrogens is 1. The average Bonchev–Trinajstić information content (AvgIpc) is 2.41. The number of nitro benzene ring substituents is 1. The molecule has 6 nitrogen and oxygen atoms in total. The highest BCUT2D eigenvalue weighted by Crippen LogP contribution is 2.28. The molecule has 1 N–H and O–H groups in total. The van der Waals surface area contributed by atoms with Crippen LogP contribution < -0.4 is 10.9 Å². The minimum absolute atomic E-state index is 0.00478. The maximum absolute atomic E-state index is 11.9. The molecule has 0 fully saturated rings. The monoisotopic (exact) mass is 273 g/mol. The Bertz CT molecular complexity index is 707. The summed E-state index contributed by atoms with van der Waals surface area (Å²) < 4.78 is 1.52. The van der Waals surface area contributed by atoms with Crippen molar-refractivity contribution in [3.05, 3.63) is 68.1 Å². The van der Waals surface area contributed by atoms with Crippen LogP contribution >= 0.6 is 0 Å². The Morgan fingerprint density at radius 2 is 2.10 bits per heavy atom. The zero-order chi connectivity index (χ0) is 14.7. The lowest BCUT2D eigenvalue weighted by atomic mass is 10.1. The van der Waals surface area contributed by atoms with Crippen LogP contribution in [0.3, 0.4) is 0 Å². The number of hydrogen-bond acceptors (Lipinski definition) is 4. The summed E-state index contributed by atoms with van der Waals surface area (Å²) in [7, 11) is 1.63. The van der Waals surface area contributed by atoms with Crippen molar-refractivity contribution in [1.82, 2.24) is 4.57 Å². The molecule has 0 saturated carbocycles. The number of anilines is 1. The van der Waals surface area contributed by atoms with Gasteiger partial charge in [0.05, 0.1) is 11.5 Å². The number of para-hydroxylation sites is 1. The van der Waals surface area contributed by atoms with Crippen molar-refractivity contribution in [1.29, 1.82) is 0 Å². The van der Waals surface area contributed by atoms with Gasteiger partial charge in [0.2, 0.25) is 0 Å². The first kappa shape index (κ1) is 13.8. The number of pyridine rings is 1. The first-order valence-corrected chi connectivity index (χ1v) is 6.14. The van der Waals surface area contributed by atoms with E-state index >= 15 is 0 Å². The molecule has 1 heterocycles. The van der Waals surface area contributed by atoms with Crippen LogP contribution in [0.5, 0.6) is 0 Å². The molecule has 0 atom stereocenters. The van der Waals surface area contributed by atoms with Gasteiger partial charge in [0.25, 0.3) is 11.2 Å². The van der Waals surface area contributed by atoms with Gasteiger partial charge < -0.3 is 9.88 Å². The molecule has 1 aromatic carbocycles. The molecule has 0 aliphatic carbocycles. The van der Waals surface area contributed by atoms with E-state index in [1.807, 2.05) is 13.0 Å². The van der Waals surface area contributed by atoms with Crippen molar-refractivity contribution in [2.45, 2.75) is 13.5 Å². The highest BCUT2D eigenvalue weighted by Gasteiger charge is 2.16. The van der Waals surface area contributed by atoms with Gasteiger partial charge in [-0.25, -0.2) is 0 Å². The molecule has 0 spiro atoms. The van der Waals surface area contributed by atoms with Crippen LogP contribution in [0, 0.1) is 17.0 Å². The number of hydrogen-bond donors (Lipinski definition) is 1. The number of aryl methyl sites for hydroxylation is 1. The third-order valence-corrected chi connectivity index (χ3v) is 3.07. The Hall–Kier alpha value is -2.63. The Labute approximate surface area is 115 Å². The van der Waals surface area contributed by atoms with Gasteiger partial charge in [-0.1, -0.05) is 12.1 Å². The SMILES string of the molecule is CNc1c(Cn2ccc(C)cc2=O)cccc1[N+](=O)[O-]. The van der Waals surface area contributed by atoms with Gasteiger partial charge in [-0.15, -0.1) is 0 Å². The quantitative estimate of drug-likeness (QED) is 0.684. The van der Waals surface area contributed by atoms with Crippen molar-refractivity contribution in [3.8, 4) is 0 Å². The van der Waals surface area contributed by atoms with Crippen LogP contribution in [0.25, 0.3) is 0 Å². The second-order valence-electron chi connectivity index (χ2n) is 4.49. The van der Waals surface area contributed by atoms with Gasteiger partial charge in [0.1, 0.15) is 5.69 Å². The fourth-order valence-electron chi connectivity index (χ4n) is 2.08. The van der Waals surface area contributed by atoms with Gasteiger partial charge in [-0.3, -0.25) is 14.9 Å². The number of rotatable bonds is 4. The molecular formula is C14H15N3O3. The van der Waals surface area contributed by atoms with Crippen LogP contribution in [-0.2, 0) is 6.54 Å². The molecule has 0 aliphatic rings. The van der Waals surface area contributed by atoms with Crippen molar-refractivity contribution in [2.24, 2.45) is 0 Å². The fourth-order valence-corrected chi connectivity index (χ4v) is 2.08. The molecule has 6 heteroatoms. The summed E-state index contributed by atoms with van der Waals surface area (Å²) >= 11 is 0. The van der Waals surface area contributed by atoms with E-state index in [1.165, 1.54) is 16.7 Å². The van der Waals surface area contributed by atoms with E-state index in [0.29, 0.717) is 11.3 Å². The molecule has 0 bridgehead atoms. The third kappa shape index (κ3) is 2.69. The summed E-state index contributed by atoms with van der Waals surface area (Å²) in [5.41, 5.74) is 1.90. The molecule has 2 rings (SSSR count). The molecule has 20 heavy (non-hydrogen) atoms. The third-order valence-electron chi connectivity index (χ3n) is 3.07. The molecule has 0 saturated heterocycles. The molecule has 0 unspecified atom stereocenters. The Morgan fingerprint density at radius 1 is 1.35 bits per heavy atom.